The Labute approximate surface area is 123 Å². The van der Waals surface area contributed by atoms with Crippen molar-refractivity contribution in [2.75, 3.05) is 23.8 Å². The van der Waals surface area contributed by atoms with E-state index in [1.165, 1.54) is 0 Å². The van der Waals surface area contributed by atoms with E-state index in [1.54, 1.807) is 6.33 Å². The molecule has 0 unspecified atom stereocenters. The van der Waals surface area contributed by atoms with Crippen molar-refractivity contribution in [2.45, 2.75) is 26.8 Å². The van der Waals surface area contributed by atoms with Crippen LogP contribution >= 0.6 is 0 Å². The molecule has 2 aromatic heterocycles. The highest BCUT2D eigenvalue weighted by Gasteiger charge is 2.23. The van der Waals surface area contributed by atoms with E-state index in [0.29, 0.717) is 25.0 Å². The van der Waals surface area contributed by atoms with Gasteiger partial charge in [0, 0.05) is 24.7 Å². The molecule has 7 nitrogen and oxygen atoms in total. The summed E-state index contributed by atoms with van der Waals surface area (Å²) in [6.07, 6.45) is 2.40. The minimum absolute atomic E-state index is 0.296. The summed E-state index contributed by atoms with van der Waals surface area (Å²) in [6.45, 7) is 5.95. The lowest BCUT2D eigenvalue weighted by molar-refractivity contribution is 0.320. The first-order valence-electron chi connectivity index (χ1n) is 6.99. The van der Waals surface area contributed by atoms with Crippen molar-refractivity contribution in [3.8, 4) is 5.88 Å². The lowest BCUT2D eigenvalue weighted by atomic mass is 10.1. The molecule has 3 heterocycles. The van der Waals surface area contributed by atoms with Crippen molar-refractivity contribution in [3.05, 3.63) is 29.3 Å². The molecule has 0 atom stereocenters. The molecule has 1 aliphatic rings. The van der Waals surface area contributed by atoms with Gasteiger partial charge in [0.25, 0.3) is 0 Å². The number of hydrogen-bond donors (Lipinski definition) is 1. The van der Waals surface area contributed by atoms with Crippen molar-refractivity contribution in [2.24, 2.45) is 0 Å². The SMILES string of the molecule is CCOc1ncnc2c1CN(c1cc(C)nc(N)n1)CC2. The third-order valence-corrected chi connectivity index (χ3v) is 3.43. The summed E-state index contributed by atoms with van der Waals surface area (Å²) in [4.78, 5) is 19.2. The molecule has 0 radical (unpaired) electrons. The zero-order valence-corrected chi connectivity index (χ0v) is 12.2. The summed E-state index contributed by atoms with van der Waals surface area (Å²) in [5.74, 6) is 1.79. The number of fused-ring (bicyclic) bond motifs is 1. The summed E-state index contributed by atoms with van der Waals surface area (Å²) in [6, 6.07) is 1.94. The highest BCUT2D eigenvalue weighted by Crippen LogP contribution is 2.27. The molecule has 1 aliphatic heterocycles. The number of rotatable bonds is 3. The molecule has 7 heteroatoms. The second-order valence-corrected chi connectivity index (χ2v) is 4.93. The Morgan fingerprint density at radius 3 is 2.95 bits per heavy atom. The Bertz CT molecular complexity index is 640. The van der Waals surface area contributed by atoms with Crippen LogP contribution < -0.4 is 15.4 Å². The lowest BCUT2D eigenvalue weighted by Gasteiger charge is -2.29. The average molecular weight is 286 g/mol. The number of ether oxygens (including phenoxy) is 1. The number of aromatic nitrogens is 4. The Morgan fingerprint density at radius 1 is 1.33 bits per heavy atom. The molecule has 2 N–H and O–H groups in total. The van der Waals surface area contributed by atoms with E-state index < -0.39 is 0 Å². The van der Waals surface area contributed by atoms with E-state index in [-0.39, 0.29) is 0 Å². The fourth-order valence-corrected chi connectivity index (χ4v) is 2.51. The topological polar surface area (TPSA) is 90.1 Å². The molecule has 21 heavy (non-hydrogen) atoms. The van der Waals surface area contributed by atoms with Gasteiger partial charge in [0.05, 0.1) is 24.4 Å². The molecule has 3 rings (SSSR count). The van der Waals surface area contributed by atoms with E-state index in [4.69, 9.17) is 10.5 Å². The molecule has 0 aromatic carbocycles. The number of hydrogen-bond acceptors (Lipinski definition) is 7. The van der Waals surface area contributed by atoms with Gasteiger partial charge in [-0.15, -0.1) is 0 Å². The molecule has 0 aliphatic carbocycles. The third-order valence-electron chi connectivity index (χ3n) is 3.43. The number of nitrogens with two attached hydrogens (primary N) is 1. The minimum Gasteiger partial charge on any atom is -0.478 e. The quantitative estimate of drug-likeness (QED) is 0.904. The Balaban J connectivity index is 1.93. The van der Waals surface area contributed by atoms with E-state index in [2.05, 4.69) is 24.8 Å². The van der Waals surface area contributed by atoms with Crippen LogP contribution in [-0.2, 0) is 13.0 Å². The predicted octanol–water partition coefficient (Wildman–Crippen LogP) is 1.12. The Hall–Kier alpha value is -2.44. The van der Waals surface area contributed by atoms with E-state index in [9.17, 15) is 0 Å². The van der Waals surface area contributed by atoms with Gasteiger partial charge < -0.3 is 15.4 Å². The van der Waals surface area contributed by atoms with E-state index in [1.807, 2.05) is 19.9 Å². The summed E-state index contributed by atoms with van der Waals surface area (Å²) in [5, 5.41) is 0. The average Bonchev–Trinajstić information content (AvgIpc) is 2.46. The molecule has 110 valence electrons. The normalized spacial score (nSPS) is 13.9. The van der Waals surface area contributed by atoms with Crippen LogP contribution in [0.4, 0.5) is 11.8 Å². The molecular formula is C14H18N6O. The monoisotopic (exact) mass is 286 g/mol. The zero-order valence-electron chi connectivity index (χ0n) is 12.2. The maximum absolute atomic E-state index is 5.74. The largest absolute Gasteiger partial charge is 0.478 e. The first-order valence-corrected chi connectivity index (χ1v) is 6.99. The van der Waals surface area contributed by atoms with Gasteiger partial charge >= 0.3 is 0 Å². The van der Waals surface area contributed by atoms with Crippen LogP contribution in [-0.4, -0.2) is 33.1 Å². The van der Waals surface area contributed by atoms with Crippen LogP contribution in [0.2, 0.25) is 0 Å². The second kappa shape index (κ2) is 5.51. The summed E-state index contributed by atoms with van der Waals surface area (Å²) in [5.41, 5.74) is 8.67. The van der Waals surface area contributed by atoms with Gasteiger partial charge in [-0.3, -0.25) is 0 Å². The summed E-state index contributed by atoms with van der Waals surface area (Å²) in [7, 11) is 0. The molecule has 0 saturated heterocycles. The van der Waals surface area contributed by atoms with Gasteiger partial charge in [0.15, 0.2) is 0 Å². The first kappa shape index (κ1) is 13.5. The van der Waals surface area contributed by atoms with Crippen LogP contribution in [0.25, 0.3) is 0 Å². The van der Waals surface area contributed by atoms with Crippen LogP contribution in [0.3, 0.4) is 0 Å². The molecule has 0 spiro atoms. The number of aryl methyl sites for hydroxylation is 1. The molecule has 0 amide bonds. The summed E-state index contributed by atoms with van der Waals surface area (Å²) >= 11 is 0. The minimum atomic E-state index is 0.296. The Morgan fingerprint density at radius 2 is 2.19 bits per heavy atom. The van der Waals surface area contributed by atoms with Crippen LogP contribution in [0.15, 0.2) is 12.4 Å². The molecule has 0 fully saturated rings. The van der Waals surface area contributed by atoms with Crippen LogP contribution in [0.1, 0.15) is 23.9 Å². The van der Waals surface area contributed by atoms with Gasteiger partial charge in [-0.1, -0.05) is 0 Å². The highest BCUT2D eigenvalue weighted by molar-refractivity contribution is 5.47. The highest BCUT2D eigenvalue weighted by atomic mass is 16.5. The van der Waals surface area contributed by atoms with Crippen molar-refractivity contribution in [1.29, 1.82) is 0 Å². The van der Waals surface area contributed by atoms with Crippen molar-refractivity contribution in [3.63, 3.8) is 0 Å². The fourth-order valence-electron chi connectivity index (χ4n) is 2.51. The van der Waals surface area contributed by atoms with Gasteiger partial charge in [0.1, 0.15) is 12.1 Å². The van der Waals surface area contributed by atoms with E-state index in [0.717, 1.165) is 35.7 Å². The van der Waals surface area contributed by atoms with Gasteiger partial charge in [-0.05, 0) is 13.8 Å². The first-order chi connectivity index (χ1) is 10.2. The number of anilines is 2. The summed E-state index contributed by atoms with van der Waals surface area (Å²) < 4.78 is 5.60. The number of nitrogen functional groups attached to an aromatic ring is 1. The standard InChI is InChI=1S/C14H18N6O/c1-3-21-13-10-7-20(5-4-11(10)16-8-17-13)12-6-9(2)18-14(15)19-12/h6,8H,3-5,7H2,1-2H3,(H2,15,18,19). The smallest absolute Gasteiger partial charge is 0.222 e. The fraction of sp³-hybridized carbons (Fsp3) is 0.429. The predicted molar refractivity (Wildman–Crippen MR) is 79.1 cm³/mol. The van der Waals surface area contributed by atoms with E-state index >= 15 is 0 Å². The van der Waals surface area contributed by atoms with Gasteiger partial charge in [-0.2, -0.15) is 4.98 Å². The van der Waals surface area contributed by atoms with Crippen molar-refractivity contribution < 1.29 is 4.74 Å². The maximum atomic E-state index is 5.74. The van der Waals surface area contributed by atoms with Crippen LogP contribution in [0.5, 0.6) is 5.88 Å². The number of nitrogens with zero attached hydrogens (tertiary/aromatic N) is 5. The third kappa shape index (κ3) is 2.72. The zero-order chi connectivity index (χ0) is 14.8. The Kier molecular flexibility index (Phi) is 3.55. The lowest BCUT2D eigenvalue weighted by Crippen LogP contribution is -2.32. The second-order valence-electron chi connectivity index (χ2n) is 4.93. The van der Waals surface area contributed by atoms with Crippen molar-refractivity contribution in [1.82, 2.24) is 19.9 Å². The van der Waals surface area contributed by atoms with Crippen LogP contribution in [0, 0.1) is 6.92 Å². The molecular weight excluding hydrogens is 268 g/mol. The van der Waals surface area contributed by atoms with Gasteiger partial charge in [-0.25, -0.2) is 15.0 Å². The maximum Gasteiger partial charge on any atom is 0.222 e. The molecule has 2 aromatic rings. The molecule has 0 bridgehead atoms. The van der Waals surface area contributed by atoms with Gasteiger partial charge in [0.2, 0.25) is 11.8 Å². The van der Waals surface area contributed by atoms with Crippen molar-refractivity contribution >= 4 is 11.8 Å². The molecule has 0 saturated carbocycles.